The van der Waals surface area contributed by atoms with Crippen molar-refractivity contribution in [1.82, 2.24) is 0 Å². The van der Waals surface area contributed by atoms with E-state index in [2.05, 4.69) is 11.8 Å². The van der Waals surface area contributed by atoms with Crippen molar-refractivity contribution in [2.24, 2.45) is 0 Å². The molecule has 0 amide bonds. The van der Waals surface area contributed by atoms with Crippen LogP contribution in [0.5, 0.6) is 0 Å². The summed E-state index contributed by atoms with van der Waals surface area (Å²) in [5.41, 5.74) is 0. The first-order chi connectivity index (χ1) is 9.36. The molecule has 106 valence electrons. The van der Waals surface area contributed by atoms with Crippen molar-refractivity contribution in [3.63, 3.8) is 0 Å². The molecule has 0 saturated heterocycles. The Hall–Kier alpha value is -0.900. The van der Waals surface area contributed by atoms with E-state index < -0.39 is 0 Å². The van der Waals surface area contributed by atoms with Crippen molar-refractivity contribution < 1.29 is 19.3 Å². The number of hydrogen-bond acceptors (Lipinski definition) is 5. The molecule has 0 aliphatic rings. The van der Waals surface area contributed by atoms with E-state index >= 15 is 0 Å². The number of methoxy groups -OCH3 is 1. The van der Waals surface area contributed by atoms with Gasteiger partial charge >= 0.3 is 0 Å². The third-order valence-corrected chi connectivity index (χ3v) is 3.18. The molecule has 0 saturated carbocycles. The van der Waals surface area contributed by atoms with E-state index in [0.717, 1.165) is 16.2 Å². The first-order valence-corrected chi connectivity index (χ1v) is 7.01. The Kier molecular flexibility index (Phi) is 9.33. The maximum atomic E-state index is 8.60. The Bertz CT molecular complexity index is 392. The standard InChI is InChI=1S/C14H20O4S/c1-16-10-11-17-8-3-9-18-12-14-6-5-13(19-14)4-2-7-15/h5-6,15H,3,7-12H2,1H3. The van der Waals surface area contributed by atoms with Crippen molar-refractivity contribution in [3.8, 4) is 11.8 Å². The van der Waals surface area contributed by atoms with Crippen molar-refractivity contribution in [1.29, 1.82) is 0 Å². The summed E-state index contributed by atoms with van der Waals surface area (Å²) in [6, 6.07) is 3.95. The summed E-state index contributed by atoms with van der Waals surface area (Å²) in [5.74, 6) is 5.50. The minimum atomic E-state index is -0.104. The van der Waals surface area contributed by atoms with Gasteiger partial charge in [0.2, 0.25) is 0 Å². The van der Waals surface area contributed by atoms with Crippen LogP contribution in [0.3, 0.4) is 0 Å². The predicted octanol–water partition coefficient (Wildman–Crippen LogP) is 1.66. The monoisotopic (exact) mass is 284 g/mol. The van der Waals surface area contributed by atoms with Crippen LogP contribution in [0.15, 0.2) is 12.1 Å². The van der Waals surface area contributed by atoms with Crippen LogP contribution >= 0.6 is 11.3 Å². The molecule has 1 N–H and O–H groups in total. The summed E-state index contributed by atoms with van der Waals surface area (Å²) in [7, 11) is 1.66. The Labute approximate surface area is 118 Å². The van der Waals surface area contributed by atoms with Crippen LogP contribution in [-0.4, -0.2) is 45.3 Å². The molecule has 1 rings (SSSR count). The highest BCUT2D eigenvalue weighted by atomic mass is 32.1. The number of rotatable bonds is 9. The molecule has 0 bridgehead atoms. The van der Waals surface area contributed by atoms with E-state index in [4.69, 9.17) is 19.3 Å². The summed E-state index contributed by atoms with van der Waals surface area (Å²) < 4.78 is 15.8. The van der Waals surface area contributed by atoms with Crippen LogP contribution in [-0.2, 0) is 20.8 Å². The summed E-state index contributed by atoms with van der Waals surface area (Å²) in [4.78, 5) is 2.10. The highest BCUT2D eigenvalue weighted by Crippen LogP contribution is 2.16. The molecule has 0 aromatic carbocycles. The van der Waals surface area contributed by atoms with E-state index in [9.17, 15) is 0 Å². The zero-order valence-corrected chi connectivity index (χ0v) is 12.0. The second kappa shape index (κ2) is 11.0. The van der Waals surface area contributed by atoms with Gasteiger partial charge in [-0.15, -0.1) is 11.3 Å². The normalized spacial score (nSPS) is 10.2. The molecule has 1 aromatic heterocycles. The van der Waals surface area contributed by atoms with Gasteiger partial charge in [-0.05, 0) is 18.6 Å². The van der Waals surface area contributed by atoms with Crippen molar-refractivity contribution in [3.05, 3.63) is 21.9 Å². The Morgan fingerprint density at radius 3 is 2.79 bits per heavy atom. The third-order valence-electron chi connectivity index (χ3n) is 2.21. The number of ether oxygens (including phenoxy) is 3. The Morgan fingerprint density at radius 1 is 1.16 bits per heavy atom. The SMILES string of the molecule is COCCOCCCOCc1ccc(C#CCO)s1. The maximum absolute atomic E-state index is 8.60. The van der Waals surface area contributed by atoms with Crippen LogP contribution in [0.1, 0.15) is 16.2 Å². The van der Waals surface area contributed by atoms with Gasteiger partial charge in [0, 0.05) is 25.2 Å². The van der Waals surface area contributed by atoms with Gasteiger partial charge in [-0.25, -0.2) is 0 Å². The van der Waals surface area contributed by atoms with Gasteiger partial charge in [-0.3, -0.25) is 0 Å². The van der Waals surface area contributed by atoms with Crippen LogP contribution in [0.25, 0.3) is 0 Å². The van der Waals surface area contributed by atoms with Gasteiger partial charge in [0.1, 0.15) is 6.61 Å². The van der Waals surface area contributed by atoms with E-state index in [1.54, 1.807) is 18.4 Å². The number of aliphatic hydroxyl groups is 1. The average molecular weight is 284 g/mol. The van der Waals surface area contributed by atoms with Crippen molar-refractivity contribution in [2.45, 2.75) is 13.0 Å². The Morgan fingerprint density at radius 2 is 2.00 bits per heavy atom. The third kappa shape index (κ3) is 7.98. The van der Waals surface area contributed by atoms with Crippen molar-refractivity contribution >= 4 is 11.3 Å². The summed E-state index contributed by atoms with van der Waals surface area (Å²) >= 11 is 1.59. The van der Waals surface area contributed by atoms with Gasteiger partial charge in [-0.2, -0.15) is 0 Å². The first-order valence-electron chi connectivity index (χ1n) is 6.19. The fourth-order valence-electron chi connectivity index (χ4n) is 1.33. The lowest BCUT2D eigenvalue weighted by atomic mass is 10.4. The Balaban J connectivity index is 2.04. The number of thiophene rings is 1. The lowest BCUT2D eigenvalue weighted by Gasteiger charge is -2.04. The molecule has 0 aliphatic heterocycles. The minimum absolute atomic E-state index is 0.104. The van der Waals surface area contributed by atoms with Gasteiger partial charge in [0.25, 0.3) is 0 Å². The lowest BCUT2D eigenvalue weighted by molar-refractivity contribution is 0.0488. The largest absolute Gasteiger partial charge is 0.384 e. The zero-order chi connectivity index (χ0) is 13.8. The first kappa shape index (κ1) is 16.2. The summed E-state index contributed by atoms with van der Waals surface area (Å²) in [6.07, 6.45) is 0.881. The second-order valence-corrected chi connectivity index (χ2v) is 4.91. The second-order valence-electron chi connectivity index (χ2n) is 3.74. The topological polar surface area (TPSA) is 47.9 Å². The van der Waals surface area contributed by atoms with Crippen LogP contribution in [0.4, 0.5) is 0 Å². The molecule has 4 nitrogen and oxygen atoms in total. The molecule has 19 heavy (non-hydrogen) atoms. The van der Waals surface area contributed by atoms with Crippen LogP contribution in [0, 0.1) is 11.8 Å². The van der Waals surface area contributed by atoms with Gasteiger partial charge in [-0.1, -0.05) is 11.8 Å². The quantitative estimate of drug-likeness (QED) is 0.553. The fourth-order valence-corrected chi connectivity index (χ4v) is 2.15. The van der Waals surface area contributed by atoms with Crippen LogP contribution < -0.4 is 0 Å². The molecule has 1 aromatic rings. The highest BCUT2D eigenvalue weighted by Gasteiger charge is 1.98. The molecule has 0 fully saturated rings. The molecule has 0 unspecified atom stereocenters. The molecular weight excluding hydrogens is 264 g/mol. The molecule has 1 heterocycles. The molecule has 0 aliphatic carbocycles. The van der Waals surface area contributed by atoms with E-state index in [-0.39, 0.29) is 6.61 Å². The van der Waals surface area contributed by atoms with Crippen molar-refractivity contribution in [2.75, 3.05) is 40.1 Å². The molecule has 0 spiro atoms. The highest BCUT2D eigenvalue weighted by molar-refractivity contribution is 7.12. The summed E-state index contributed by atoms with van der Waals surface area (Å²) in [6.45, 7) is 3.14. The molecule has 0 radical (unpaired) electrons. The predicted molar refractivity (Wildman–Crippen MR) is 75.3 cm³/mol. The number of hydrogen-bond donors (Lipinski definition) is 1. The van der Waals surface area contributed by atoms with Gasteiger partial charge < -0.3 is 19.3 Å². The van der Waals surface area contributed by atoms with E-state index in [0.29, 0.717) is 33.0 Å². The van der Waals surface area contributed by atoms with Gasteiger partial charge in [0.15, 0.2) is 0 Å². The molecule has 0 atom stereocenters. The zero-order valence-electron chi connectivity index (χ0n) is 11.2. The molecule has 5 heteroatoms. The van der Waals surface area contributed by atoms with Crippen LogP contribution in [0.2, 0.25) is 0 Å². The van der Waals surface area contributed by atoms with E-state index in [1.807, 2.05) is 12.1 Å². The maximum Gasteiger partial charge on any atom is 0.104 e. The minimum Gasteiger partial charge on any atom is -0.384 e. The molecular formula is C14H20O4S. The lowest BCUT2D eigenvalue weighted by Crippen LogP contribution is -2.05. The fraction of sp³-hybridized carbons (Fsp3) is 0.571. The summed E-state index contributed by atoms with van der Waals surface area (Å²) in [5, 5.41) is 8.60. The smallest absolute Gasteiger partial charge is 0.104 e. The number of aliphatic hydroxyl groups excluding tert-OH is 1. The average Bonchev–Trinajstić information content (AvgIpc) is 2.87. The van der Waals surface area contributed by atoms with E-state index in [1.165, 1.54) is 0 Å². The van der Waals surface area contributed by atoms with Gasteiger partial charge in [0.05, 0.1) is 24.7 Å².